The Morgan fingerprint density at radius 3 is 2.70 bits per heavy atom. The number of fused-ring (bicyclic) bond motifs is 1. The SMILES string of the molecule is F[C@@H]1CNC[C@H](Nc2cccc(-c3cnc4cnc(C5(C(F)(F)F)CC5)cn34)n2)C1. The zero-order chi connectivity index (χ0) is 20.9. The standard InChI is InChI=1S/C20H20F4N6/c21-12-6-13(8-25-7-12)28-17-3-1-2-14(29-17)15-9-27-18-10-26-16(11-30(15)18)19(4-5-19)20(22,23)24/h1-3,9-13,25H,4-8H2,(H,28,29)/t12-,13+/m0/s1. The van der Waals surface area contributed by atoms with Gasteiger partial charge in [0.25, 0.3) is 0 Å². The van der Waals surface area contributed by atoms with Gasteiger partial charge >= 0.3 is 6.18 Å². The third-order valence-electron chi connectivity index (χ3n) is 5.84. The zero-order valence-electron chi connectivity index (χ0n) is 16.0. The van der Waals surface area contributed by atoms with E-state index in [4.69, 9.17) is 0 Å². The molecule has 2 N–H and O–H groups in total. The van der Waals surface area contributed by atoms with E-state index in [0.717, 1.165) is 0 Å². The number of aromatic nitrogens is 4. The van der Waals surface area contributed by atoms with Crippen LogP contribution in [0.1, 0.15) is 25.0 Å². The van der Waals surface area contributed by atoms with E-state index in [2.05, 4.69) is 25.6 Å². The number of hydrogen-bond donors (Lipinski definition) is 2. The first-order valence-electron chi connectivity index (χ1n) is 9.85. The third-order valence-corrected chi connectivity index (χ3v) is 5.84. The van der Waals surface area contributed by atoms with Crippen LogP contribution in [-0.4, -0.2) is 50.8 Å². The average Bonchev–Trinajstić information content (AvgIpc) is 3.43. The molecule has 0 aromatic carbocycles. The quantitative estimate of drug-likeness (QED) is 0.633. The van der Waals surface area contributed by atoms with Gasteiger partial charge in [-0.15, -0.1) is 0 Å². The summed E-state index contributed by atoms with van der Waals surface area (Å²) in [4.78, 5) is 12.9. The fourth-order valence-corrected chi connectivity index (χ4v) is 4.00. The number of nitrogens with one attached hydrogen (secondary N) is 2. The third kappa shape index (κ3) is 3.28. The highest BCUT2D eigenvalue weighted by molar-refractivity contribution is 5.62. The second-order valence-corrected chi connectivity index (χ2v) is 7.96. The molecule has 3 aromatic rings. The van der Waals surface area contributed by atoms with E-state index >= 15 is 0 Å². The molecule has 0 radical (unpaired) electrons. The molecule has 0 spiro atoms. The van der Waals surface area contributed by atoms with Crippen LogP contribution in [0.25, 0.3) is 17.0 Å². The molecule has 2 atom stereocenters. The molecule has 0 unspecified atom stereocenters. The number of alkyl halides is 4. The minimum Gasteiger partial charge on any atom is -0.366 e. The lowest BCUT2D eigenvalue weighted by molar-refractivity contribution is -0.161. The molecule has 1 saturated heterocycles. The van der Waals surface area contributed by atoms with Crippen molar-refractivity contribution in [1.29, 1.82) is 0 Å². The Bertz CT molecular complexity index is 1070. The smallest absolute Gasteiger partial charge is 0.366 e. The molecule has 1 aliphatic heterocycles. The number of pyridine rings is 1. The normalized spacial score (nSPS) is 23.5. The largest absolute Gasteiger partial charge is 0.399 e. The fourth-order valence-electron chi connectivity index (χ4n) is 4.00. The number of anilines is 1. The number of imidazole rings is 1. The summed E-state index contributed by atoms with van der Waals surface area (Å²) in [6.45, 7) is 0.986. The van der Waals surface area contributed by atoms with Crippen molar-refractivity contribution < 1.29 is 17.6 Å². The Balaban J connectivity index is 1.47. The maximum atomic E-state index is 13.6. The van der Waals surface area contributed by atoms with Gasteiger partial charge in [-0.05, 0) is 25.0 Å². The molecule has 158 valence electrons. The highest BCUT2D eigenvalue weighted by Gasteiger charge is 2.65. The van der Waals surface area contributed by atoms with Crippen LogP contribution in [-0.2, 0) is 5.41 Å². The first-order chi connectivity index (χ1) is 14.4. The van der Waals surface area contributed by atoms with E-state index < -0.39 is 17.8 Å². The molecule has 3 aromatic heterocycles. The molecule has 0 amide bonds. The van der Waals surface area contributed by atoms with Gasteiger partial charge < -0.3 is 10.6 Å². The molecule has 1 aliphatic carbocycles. The van der Waals surface area contributed by atoms with E-state index in [1.54, 1.807) is 28.8 Å². The van der Waals surface area contributed by atoms with E-state index in [-0.39, 0.29) is 24.6 Å². The highest BCUT2D eigenvalue weighted by atomic mass is 19.4. The van der Waals surface area contributed by atoms with Gasteiger partial charge in [-0.3, -0.25) is 9.38 Å². The Labute approximate surface area is 169 Å². The van der Waals surface area contributed by atoms with Crippen LogP contribution in [0.4, 0.5) is 23.4 Å². The first kappa shape index (κ1) is 19.2. The first-order valence-corrected chi connectivity index (χ1v) is 9.85. The van der Waals surface area contributed by atoms with Crippen LogP contribution in [0, 0.1) is 0 Å². The zero-order valence-corrected chi connectivity index (χ0v) is 16.0. The Morgan fingerprint density at radius 2 is 1.97 bits per heavy atom. The molecule has 10 heteroatoms. The minimum absolute atomic E-state index is 0.00158. The average molecular weight is 420 g/mol. The predicted octanol–water partition coefficient (Wildman–Crippen LogP) is 3.50. The lowest BCUT2D eigenvalue weighted by Crippen LogP contribution is -2.44. The van der Waals surface area contributed by atoms with Gasteiger partial charge in [0.15, 0.2) is 5.65 Å². The lowest BCUT2D eigenvalue weighted by atomic mass is 10.0. The molecular formula is C20H20F4N6. The van der Waals surface area contributed by atoms with Crippen molar-refractivity contribution >= 4 is 11.5 Å². The fraction of sp³-hybridized carbons (Fsp3) is 0.450. The second-order valence-electron chi connectivity index (χ2n) is 7.96. The Kier molecular flexibility index (Phi) is 4.42. The van der Waals surface area contributed by atoms with Crippen molar-refractivity contribution in [2.75, 3.05) is 18.4 Å². The summed E-state index contributed by atoms with van der Waals surface area (Å²) in [5.74, 6) is 0.576. The van der Waals surface area contributed by atoms with Crippen LogP contribution in [0.2, 0.25) is 0 Å². The minimum atomic E-state index is -4.33. The maximum Gasteiger partial charge on any atom is 0.399 e. The van der Waals surface area contributed by atoms with E-state index in [9.17, 15) is 17.6 Å². The molecule has 30 heavy (non-hydrogen) atoms. The van der Waals surface area contributed by atoms with Gasteiger partial charge in [-0.25, -0.2) is 14.4 Å². The lowest BCUT2D eigenvalue weighted by Gasteiger charge is -2.26. The number of rotatable bonds is 4. The summed E-state index contributed by atoms with van der Waals surface area (Å²) >= 11 is 0. The summed E-state index contributed by atoms with van der Waals surface area (Å²) in [6, 6.07) is 5.26. The molecule has 6 nitrogen and oxygen atoms in total. The van der Waals surface area contributed by atoms with Crippen molar-refractivity contribution in [3.05, 3.63) is 42.5 Å². The van der Waals surface area contributed by atoms with Gasteiger partial charge in [-0.1, -0.05) is 6.07 Å². The van der Waals surface area contributed by atoms with Crippen molar-refractivity contribution in [3.8, 4) is 11.4 Å². The maximum absolute atomic E-state index is 13.6. The highest BCUT2D eigenvalue weighted by Crippen LogP contribution is 2.58. The van der Waals surface area contributed by atoms with Crippen LogP contribution in [0.3, 0.4) is 0 Å². The van der Waals surface area contributed by atoms with E-state index in [1.807, 2.05) is 0 Å². The van der Waals surface area contributed by atoms with Gasteiger partial charge in [-0.2, -0.15) is 13.2 Å². The second kappa shape index (κ2) is 6.90. The molecule has 2 aliphatic rings. The summed E-state index contributed by atoms with van der Waals surface area (Å²) in [5, 5.41) is 6.25. The summed E-state index contributed by atoms with van der Waals surface area (Å²) in [5.41, 5.74) is -0.291. The number of piperidine rings is 1. The summed E-state index contributed by atoms with van der Waals surface area (Å²) in [6.07, 6.45) is -0.418. The monoisotopic (exact) mass is 420 g/mol. The molecule has 0 bridgehead atoms. The van der Waals surface area contributed by atoms with Crippen LogP contribution >= 0.6 is 0 Å². The van der Waals surface area contributed by atoms with Gasteiger partial charge in [0.05, 0.1) is 29.5 Å². The van der Waals surface area contributed by atoms with Crippen molar-refractivity contribution in [3.63, 3.8) is 0 Å². The van der Waals surface area contributed by atoms with Gasteiger partial charge in [0.2, 0.25) is 0 Å². The van der Waals surface area contributed by atoms with Crippen molar-refractivity contribution in [2.24, 2.45) is 0 Å². The van der Waals surface area contributed by atoms with Crippen molar-refractivity contribution in [2.45, 2.75) is 43.1 Å². The molecule has 4 heterocycles. The van der Waals surface area contributed by atoms with Crippen LogP contribution in [0.15, 0.2) is 36.8 Å². The van der Waals surface area contributed by atoms with E-state index in [1.165, 1.54) is 12.4 Å². The number of nitrogens with zero attached hydrogens (tertiary/aromatic N) is 4. The van der Waals surface area contributed by atoms with Gasteiger partial charge in [0, 0.05) is 31.7 Å². The summed E-state index contributed by atoms with van der Waals surface area (Å²) in [7, 11) is 0. The molecular weight excluding hydrogens is 400 g/mol. The van der Waals surface area contributed by atoms with Crippen LogP contribution in [0.5, 0.6) is 0 Å². The Morgan fingerprint density at radius 1 is 1.13 bits per heavy atom. The van der Waals surface area contributed by atoms with Crippen LogP contribution < -0.4 is 10.6 Å². The molecule has 2 fully saturated rings. The summed E-state index contributed by atoms with van der Waals surface area (Å²) < 4.78 is 55.8. The number of halogens is 4. The number of hydrogen-bond acceptors (Lipinski definition) is 5. The van der Waals surface area contributed by atoms with E-state index in [0.29, 0.717) is 42.4 Å². The predicted molar refractivity (Wildman–Crippen MR) is 103 cm³/mol. The Hall–Kier alpha value is -2.75. The van der Waals surface area contributed by atoms with Gasteiger partial charge in [0.1, 0.15) is 17.4 Å². The molecule has 5 rings (SSSR count). The topological polar surface area (TPSA) is 67.1 Å². The molecule has 1 saturated carbocycles. The van der Waals surface area contributed by atoms with Crippen molar-refractivity contribution in [1.82, 2.24) is 24.7 Å².